The van der Waals surface area contributed by atoms with Gasteiger partial charge in [0.2, 0.25) is 5.91 Å². The zero-order valence-corrected chi connectivity index (χ0v) is 15.2. The Balaban J connectivity index is 1.47. The molecule has 3 atom stereocenters. The fourth-order valence-corrected chi connectivity index (χ4v) is 5.21. The van der Waals surface area contributed by atoms with Crippen molar-refractivity contribution in [2.75, 3.05) is 6.61 Å². The largest absolute Gasteiger partial charge is 0.493 e. The van der Waals surface area contributed by atoms with Crippen LogP contribution in [0.3, 0.4) is 0 Å². The smallest absolute Gasteiger partial charge is 0.223 e. The maximum atomic E-state index is 13.0. The second-order valence-corrected chi connectivity index (χ2v) is 8.08. The summed E-state index contributed by atoms with van der Waals surface area (Å²) < 4.78 is 5.91. The van der Waals surface area contributed by atoms with E-state index in [0.717, 1.165) is 37.0 Å². The van der Waals surface area contributed by atoms with Gasteiger partial charge in [-0.15, -0.1) is 0 Å². The Kier molecular flexibility index (Phi) is 4.72. The lowest BCUT2D eigenvalue weighted by molar-refractivity contribution is -0.128. The average Bonchev–Trinajstić information content (AvgIpc) is 2.61. The number of hydrogen-bond acceptors (Lipinski definition) is 3. The van der Waals surface area contributed by atoms with Gasteiger partial charge in [-0.25, -0.2) is 0 Å². The van der Waals surface area contributed by atoms with Crippen LogP contribution in [-0.4, -0.2) is 18.6 Å². The summed E-state index contributed by atoms with van der Waals surface area (Å²) in [6, 6.07) is 6.69. The fourth-order valence-electron chi connectivity index (χ4n) is 5.21. The highest BCUT2D eigenvalue weighted by Gasteiger charge is 2.41. The highest BCUT2D eigenvalue weighted by atomic mass is 16.5. The number of fused-ring (bicyclic) bond motifs is 3. The topological polar surface area (TPSA) is 64.3 Å². The summed E-state index contributed by atoms with van der Waals surface area (Å²) in [4.78, 5) is 13.0. The molecule has 0 aromatic heterocycles. The van der Waals surface area contributed by atoms with Gasteiger partial charge in [0.25, 0.3) is 0 Å². The third-order valence-electron chi connectivity index (χ3n) is 6.64. The number of benzene rings is 1. The summed E-state index contributed by atoms with van der Waals surface area (Å²) in [6.45, 7) is 2.82. The first-order chi connectivity index (χ1) is 12.2. The highest BCUT2D eigenvalue weighted by Crippen LogP contribution is 2.42. The normalized spacial score (nSPS) is 33.9. The first-order valence-corrected chi connectivity index (χ1v) is 9.98. The molecule has 1 heterocycles. The lowest BCUT2D eigenvalue weighted by Crippen LogP contribution is -2.49. The molecule has 1 aliphatic heterocycles. The molecule has 2 saturated carbocycles. The van der Waals surface area contributed by atoms with Crippen molar-refractivity contribution in [1.82, 2.24) is 5.32 Å². The molecule has 2 aliphatic carbocycles. The molecule has 2 bridgehead atoms. The van der Waals surface area contributed by atoms with E-state index in [4.69, 9.17) is 10.5 Å². The first kappa shape index (κ1) is 16.9. The van der Waals surface area contributed by atoms with Gasteiger partial charge in [-0.1, -0.05) is 31.5 Å². The van der Waals surface area contributed by atoms with Crippen molar-refractivity contribution in [2.24, 2.45) is 23.5 Å². The number of nitrogens with two attached hydrogens (primary N) is 1. The lowest BCUT2D eigenvalue weighted by atomic mass is 9.65. The molecule has 1 aromatic rings. The van der Waals surface area contributed by atoms with E-state index in [-0.39, 0.29) is 17.9 Å². The standard InChI is InChI=1S/C21H30N2O2/c1-2-13-5-4-8-17-18(9-10-25-20(13)17)23-21(24)16-11-14-6-3-7-15(12-16)19(14)22/h4-5,8,14-16,18-19H,2-3,6-7,9-12,22H2,1H3,(H,23,24). The summed E-state index contributed by atoms with van der Waals surface area (Å²) >= 11 is 0. The number of aryl methyl sites for hydroxylation is 1. The maximum Gasteiger partial charge on any atom is 0.223 e. The van der Waals surface area contributed by atoms with Crippen LogP contribution >= 0.6 is 0 Å². The van der Waals surface area contributed by atoms with Gasteiger partial charge in [0.1, 0.15) is 5.75 Å². The van der Waals surface area contributed by atoms with Crippen LogP contribution < -0.4 is 15.8 Å². The van der Waals surface area contributed by atoms with Crippen LogP contribution in [0.2, 0.25) is 0 Å². The number of carbonyl (C=O) groups excluding carboxylic acids is 1. The Labute approximate surface area is 150 Å². The third kappa shape index (κ3) is 3.17. The Bertz CT molecular complexity index is 631. The zero-order valence-electron chi connectivity index (χ0n) is 15.2. The number of nitrogens with one attached hydrogen (secondary N) is 1. The van der Waals surface area contributed by atoms with E-state index in [1.54, 1.807) is 0 Å². The summed E-state index contributed by atoms with van der Waals surface area (Å²) in [5.41, 5.74) is 8.75. The van der Waals surface area contributed by atoms with Crippen LogP contribution in [0.4, 0.5) is 0 Å². The summed E-state index contributed by atoms with van der Waals surface area (Å²) in [5, 5.41) is 3.34. The number of ether oxygens (including phenoxy) is 1. The van der Waals surface area contributed by atoms with Crippen LogP contribution in [0.1, 0.15) is 62.6 Å². The van der Waals surface area contributed by atoms with Gasteiger partial charge in [0.15, 0.2) is 0 Å². The van der Waals surface area contributed by atoms with E-state index in [1.807, 2.05) is 0 Å². The molecule has 3 aliphatic rings. The number of hydrogen-bond donors (Lipinski definition) is 2. The minimum absolute atomic E-state index is 0.0817. The first-order valence-electron chi connectivity index (χ1n) is 9.98. The Hall–Kier alpha value is -1.55. The van der Waals surface area contributed by atoms with Crippen LogP contribution in [0.5, 0.6) is 5.75 Å². The molecule has 2 fully saturated rings. The number of para-hydroxylation sites is 1. The molecule has 136 valence electrons. The second-order valence-electron chi connectivity index (χ2n) is 8.08. The molecule has 3 N–H and O–H groups in total. The molecular formula is C21H30N2O2. The Morgan fingerprint density at radius 3 is 2.72 bits per heavy atom. The minimum atomic E-state index is 0.0817. The maximum absolute atomic E-state index is 13.0. The molecule has 0 radical (unpaired) electrons. The molecule has 4 rings (SSSR count). The summed E-state index contributed by atoms with van der Waals surface area (Å²) in [6.07, 6.45) is 7.41. The van der Waals surface area contributed by atoms with E-state index in [0.29, 0.717) is 24.5 Å². The third-order valence-corrected chi connectivity index (χ3v) is 6.64. The number of amides is 1. The van der Waals surface area contributed by atoms with E-state index in [2.05, 4.69) is 30.4 Å². The number of carbonyl (C=O) groups is 1. The Morgan fingerprint density at radius 2 is 2.00 bits per heavy atom. The highest BCUT2D eigenvalue weighted by molar-refractivity contribution is 5.79. The average molecular weight is 342 g/mol. The summed E-state index contributed by atoms with van der Waals surface area (Å²) in [5.74, 6) is 2.43. The van der Waals surface area contributed by atoms with Crippen molar-refractivity contribution >= 4 is 5.91 Å². The molecule has 1 amide bonds. The predicted molar refractivity (Wildman–Crippen MR) is 98.3 cm³/mol. The van der Waals surface area contributed by atoms with Crippen molar-refractivity contribution in [2.45, 2.75) is 64.0 Å². The van der Waals surface area contributed by atoms with Gasteiger partial charge >= 0.3 is 0 Å². The van der Waals surface area contributed by atoms with E-state index in [1.165, 1.54) is 24.8 Å². The van der Waals surface area contributed by atoms with Crippen molar-refractivity contribution < 1.29 is 9.53 Å². The minimum Gasteiger partial charge on any atom is -0.493 e. The molecule has 4 heteroatoms. The Morgan fingerprint density at radius 1 is 1.24 bits per heavy atom. The van der Waals surface area contributed by atoms with Crippen LogP contribution in [0.25, 0.3) is 0 Å². The van der Waals surface area contributed by atoms with Crippen molar-refractivity contribution in [3.05, 3.63) is 29.3 Å². The molecule has 1 aromatic carbocycles. The van der Waals surface area contributed by atoms with Crippen LogP contribution in [0, 0.1) is 17.8 Å². The SMILES string of the molecule is CCc1cccc2c1OCCC2NC(=O)C1CC2CCCC(C1)C2N. The molecule has 4 nitrogen and oxygen atoms in total. The van der Waals surface area contributed by atoms with Gasteiger partial charge in [0, 0.05) is 23.9 Å². The lowest BCUT2D eigenvalue weighted by Gasteiger charge is -2.44. The van der Waals surface area contributed by atoms with Gasteiger partial charge in [-0.3, -0.25) is 4.79 Å². The van der Waals surface area contributed by atoms with Gasteiger partial charge in [-0.2, -0.15) is 0 Å². The monoisotopic (exact) mass is 342 g/mol. The second kappa shape index (κ2) is 6.99. The van der Waals surface area contributed by atoms with Crippen molar-refractivity contribution in [1.29, 1.82) is 0 Å². The van der Waals surface area contributed by atoms with Crippen LogP contribution in [0.15, 0.2) is 18.2 Å². The summed E-state index contributed by atoms with van der Waals surface area (Å²) in [7, 11) is 0. The van der Waals surface area contributed by atoms with Crippen molar-refractivity contribution in [3.8, 4) is 5.75 Å². The van der Waals surface area contributed by atoms with Gasteiger partial charge in [-0.05, 0) is 49.5 Å². The molecule has 0 saturated heterocycles. The van der Waals surface area contributed by atoms with E-state index >= 15 is 0 Å². The quantitative estimate of drug-likeness (QED) is 0.885. The molecule has 0 spiro atoms. The van der Waals surface area contributed by atoms with Crippen molar-refractivity contribution in [3.63, 3.8) is 0 Å². The van der Waals surface area contributed by atoms with Gasteiger partial charge < -0.3 is 15.8 Å². The molecular weight excluding hydrogens is 312 g/mol. The van der Waals surface area contributed by atoms with Crippen LogP contribution in [-0.2, 0) is 11.2 Å². The van der Waals surface area contributed by atoms with Gasteiger partial charge in [0.05, 0.1) is 12.6 Å². The molecule has 3 unspecified atom stereocenters. The van der Waals surface area contributed by atoms with E-state index in [9.17, 15) is 4.79 Å². The fraction of sp³-hybridized carbons (Fsp3) is 0.667. The zero-order chi connectivity index (χ0) is 17.4. The predicted octanol–water partition coefficient (Wildman–Crippen LogP) is 3.34. The van der Waals surface area contributed by atoms with E-state index < -0.39 is 0 Å². The number of rotatable bonds is 3. The molecule has 25 heavy (non-hydrogen) atoms.